The molecule has 1 aromatic carbocycles. The van der Waals surface area contributed by atoms with Gasteiger partial charge in [-0.05, 0) is 24.4 Å². The molecule has 0 saturated carbocycles. The van der Waals surface area contributed by atoms with Gasteiger partial charge in [0.25, 0.3) is 0 Å². The number of fused-ring (bicyclic) bond motifs is 1. The Hall–Kier alpha value is -2.65. The monoisotopic (exact) mass is 378 g/mol. The summed E-state index contributed by atoms with van der Waals surface area (Å²) in [7, 11) is 4.32. The van der Waals surface area contributed by atoms with Gasteiger partial charge in [0, 0.05) is 16.8 Å². The second-order valence-electron chi connectivity index (χ2n) is 4.96. The highest BCUT2D eigenvalue weighted by molar-refractivity contribution is 7.73. The zero-order chi connectivity index (χ0) is 18.1. The number of aromatic nitrogens is 1. The maximum atomic E-state index is 11.8. The summed E-state index contributed by atoms with van der Waals surface area (Å²) < 4.78 is 16.0. The third-order valence-electron chi connectivity index (χ3n) is 3.58. The van der Waals surface area contributed by atoms with Crippen molar-refractivity contribution in [1.29, 1.82) is 0 Å². The fourth-order valence-electron chi connectivity index (χ4n) is 2.45. The largest absolute Gasteiger partial charge is 0.496 e. The summed E-state index contributed by atoms with van der Waals surface area (Å²) in [6, 6.07) is 1.69. The number of nitrogens with one attached hydrogen (secondary N) is 1. The molecule has 0 unspecified atom stereocenters. The number of aromatic amines is 1. The summed E-state index contributed by atoms with van der Waals surface area (Å²) in [4.78, 5) is 19.4. The smallest absolute Gasteiger partial charge is 0.356 e. The van der Waals surface area contributed by atoms with Crippen LogP contribution in [0.3, 0.4) is 0 Å². The molecule has 0 fully saturated rings. The summed E-state index contributed by atoms with van der Waals surface area (Å²) in [6.45, 7) is 0. The van der Waals surface area contributed by atoms with Crippen LogP contribution in [0.5, 0.6) is 17.4 Å². The normalized spacial score (nSPS) is 13.1. The predicted molar refractivity (Wildman–Crippen MR) is 95.1 cm³/mol. The van der Waals surface area contributed by atoms with Gasteiger partial charge < -0.3 is 24.3 Å². The predicted octanol–water partition coefficient (Wildman–Crippen LogP) is 1.50. The number of hydrogen-bond donors (Lipinski definition) is 2. The molecule has 0 radical (unpaired) electrons. The number of esters is 1. The van der Waals surface area contributed by atoms with Crippen LogP contribution in [0, 0.1) is 3.95 Å². The van der Waals surface area contributed by atoms with Crippen LogP contribution in [-0.2, 0) is 9.53 Å². The summed E-state index contributed by atoms with van der Waals surface area (Å²) in [5.74, 6) is 0.402. The Kier molecular flexibility index (Phi) is 4.60. The van der Waals surface area contributed by atoms with Gasteiger partial charge in [-0.2, -0.15) is 0 Å². The molecule has 3 rings (SSSR count). The molecule has 0 amide bonds. The molecular formula is C16H14N2O5S2. The lowest BCUT2D eigenvalue weighted by Gasteiger charge is -2.08. The van der Waals surface area contributed by atoms with E-state index in [1.807, 2.05) is 0 Å². The molecule has 130 valence electrons. The number of aromatic hydroxyl groups is 1. The van der Waals surface area contributed by atoms with E-state index in [9.17, 15) is 9.90 Å². The van der Waals surface area contributed by atoms with E-state index >= 15 is 0 Å². The molecule has 1 aromatic heterocycles. The van der Waals surface area contributed by atoms with Crippen LogP contribution in [0.2, 0.25) is 0 Å². The number of methoxy groups -OCH3 is 3. The van der Waals surface area contributed by atoms with E-state index in [4.69, 9.17) is 26.4 Å². The maximum absolute atomic E-state index is 11.8. The minimum atomic E-state index is -0.552. The molecule has 2 heterocycles. The molecule has 1 aliphatic rings. The Balaban J connectivity index is 2.35. The Morgan fingerprint density at radius 3 is 2.60 bits per heavy atom. The van der Waals surface area contributed by atoms with Gasteiger partial charge in [-0.25, -0.2) is 9.79 Å². The number of thiazole rings is 1. The lowest BCUT2D eigenvalue weighted by molar-refractivity contribution is -0.136. The number of hydrogen-bond acceptors (Lipinski definition) is 8. The van der Waals surface area contributed by atoms with E-state index in [0.717, 1.165) is 0 Å². The Labute approximate surface area is 151 Å². The first-order valence-electron chi connectivity index (χ1n) is 7.06. The zero-order valence-electron chi connectivity index (χ0n) is 13.6. The van der Waals surface area contributed by atoms with E-state index in [0.29, 0.717) is 36.5 Å². The Morgan fingerprint density at radius 1 is 1.32 bits per heavy atom. The van der Waals surface area contributed by atoms with E-state index in [2.05, 4.69) is 9.98 Å². The van der Waals surface area contributed by atoms with Crippen LogP contribution in [0.15, 0.2) is 16.8 Å². The van der Waals surface area contributed by atoms with Gasteiger partial charge in [-0.15, -0.1) is 11.3 Å². The van der Waals surface area contributed by atoms with Crippen LogP contribution in [0.1, 0.15) is 10.4 Å². The van der Waals surface area contributed by atoms with Gasteiger partial charge in [-0.1, -0.05) is 0 Å². The number of nitrogens with zero attached hydrogens (tertiary/aromatic N) is 1. The quantitative estimate of drug-likeness (QED) is 0.619. The number of carbonyl (C=O) groups is 1. The molecule has 0 saturated heterocycles. The maximum Gasteiger partial charge on any atom is 0.356 e. The molecule has 0 bridgehead atoms. The number of H-pyrrole nitrogens is 1. The van der Waals surface area contributed by atoms with Crippen molar-refractivity contribution in [3.63, 3.8) is 0 Å². The van der Waals surface area contributed by atoms with Gasteiger partial charge in [0.2, 0.25) is 5.88 Å². The highest BCUT2D eigenvalue weighted by Gasteiger charge is 2.21. The molecule has 25 heavy (non-hydrogen) atoms. The minimum absolute atomic E-state index is 0.0410. The van der Waals surface area contributed by atoms with Gasteiger partial charge in [-0.3, -0.25) is 0 Å². The van der Waals surface area contributed by atoms with Crippen molar-refractivity contribution in [3.8, 4) is 17.4 Å². The third kappa shape index (κ3) is 3.03. The van der Waals surface area contributed by atoms with E-state index in [1.165, 1.54) is 32.7 Å². The van der Waals surface area contributed by atoms with Crippen LogP contribution in [-0.4, -0.2) is 37.4 Å². The molecule has 2 aromatic rings. The Morgan fingerprint density at radius 2 is 2.04 bits per heavy atom. The summed E-state index contributed by atoms with van der Waals surface area (Å²) in [5, 5.41) is 11.0. The van der Waals surface area contributed by atoms with Gasteiger partial charge >= 0.3 is 5.97 Å². The molecule has 0 aliphatic carbocycles. The number of carbonyl (C=O) groups excluding carboxylic acids is 1. The van der Waals surface area contributed by atoms with Crippen LogP contribution in [0.4, 0.5) is 0 Å². The van der Waals surface area contributed by atoms with Crippen molar-refractivity contribution >= 4 is 41.7 Å². The lowest BCUT2D eigenvalue weighted by Crippen LogP contribution is -2.28. The van der Waals surface area contributed by atoms with Crippen molar-refractivity contribution in [2.45, 2.75) is 0 Å². The van der Waals surface area contributed by atoms with Crippen molar-refractivity contribution in [1.82, 2.24) is 4.98 Å². The van der Waals surface area contributed by atoms with E-state index < -0.39 is 5.97 Å². The molecular weight excluding hydrogens is 364 g/mol. The highest BCUT2D eigenvalue weighted by atomic mass is 32.1. The summed E-state index contributed by atoms with van der Waals surface area (Å²) >= 11 is 6.25. The van der Waals surface area contributed by atoms with Gasteiger partial charge in [0.1, 0.15) is 17.2 Å². The first kappa shape index (κ1) is 17.2. The fraction of sp³-hybridized carbons (Fsp3) is 0.188. The average molecular weight is 378 g/mol. The second kappa shape index (κ2) is 6.69. The first-order chi connectivity index (χ1) is 12.0. The van der Waals surface area contributed by atoms with Crippen LogP contribution >= 0.6 is 23.6 Å². The molecule has 1 aliphatic heterocycles. The average Bonchev–Trinajstić information content (AvgIpc) is 3.18. The first-order valence-corrected chi connectivity index (χ1v) is 8.28. The minimum Gasteiger partial charge on any atom is -0.496 e. The Bertz CT molecular complexity index is 1070. The standard InChI is InChI=1S/C16H14N2O5S2/c1-21-10-6-11(22-2)8(5-12-14(19)18-16(24)25-12)13-7(10)4-9(17-13)15(20)23-3/h4-6,19H,1-3H3,(H,18,24). The van der Waals surface area contributed by atoms with Crippen molar-refractivity contribution in [2.75, 3.05) is 21.3 Å². The van der Waals surface area contributed by atoms with Crippen LogP contribution < -0.4 is 20.0 Å². The molecule has 2 N–H and O–H groups in total. The zero-order valence-corrected chi connectivity index (χ0v) is 15.2. The number of rotatable bonds is 4. The summed E-state index contributed by atoms with van der Waals surface area (Å²) in [6.07, 6.45) is 3.29. The highest BCUT2D eigenvalue weighted by Crippen LogP contribution is 2.26. The van der Waals surface area contributed by atoms with E-state index in [1.54, 1.807) is 18.2 Å². The van der Waals surface area contributed by atoms with Crippen molar-refractivity contribution < 1.29 is 24.1 Å². The lowest BCUT2D eigenvalue weighted by atomic mass is 10.1. The molecule has 9 heteroatoms. The molecule has 7 nitrogen and oxygen atoms in total. The van der Waals surface area contributed by atoms with Gasteiger partial charge in [0.15, 0.2) is 3.95 Å². The SMILES string of the molecule is COC(=O)C1=Cc2c(OC)cc(OC)c(=Cc3sc(=S)[nH]c3O)c2=N1. The van der Waals surface area contributed by atoms with Gasteiger partial charge in [0.05, 0.1) is 31.6 Å². The number of benzene rings is 1. The summed E-state index contributed by atoms with van der Waals surface area (Å²) in [5.41, 5.74) is 0.790. The van der Waals surface area contributed by atoms with Crippen molar-refractivity contribution in [2.24, 2.45) is 4.99 Å². The van der Waals surface area contributed by atoms with E-state index in [-0.39, 0.29) is 11.6 Å². The molecule has 0 atom stereocenters. The molecule has 0 spiro atoms. The van der Waals surface area contributed by atoms with Crippen molar-refractivity contribution in [3.05, 3.63) is 36.7 Å². The van der Waals surface area contributed by atoms with Crippen LogP contribution in [0.25, 0.3) is 12.2 Å². The second-order valence-corrected chi connectivity index (χ2v) is 6.68. The number of ether oxygens (including phenoxy) is 3. The fourth-order valence-corrected chi connectivity index (χ4v) is 3.49. The third-order valence-corrected chi connectivity index (χ3v) is 4.75. The topological polar surface area (TPSA) is 93.1 Å².